The predicted molar refractivity (Wildman–Crippen MR) is 55.7 cm³/mol. The van der Waals surface area contributed by atoms with Crippen molar-refractivity contribution in [1.82, 2.24) is 4.90 Å². The van der Waals surface area contributed by atoms with Gasteiger partial charge in [0.05, 0.1) is 0 Å². The third-order valence-electron chi connectivity index (χ3n) is 2.94. The lowest BCUT2D eigenvalue weighted by molar-refractivity contribution is 0.0923. The van der Waals surface area contributed by atoms with Gasteiger partial charge in [-0.25, -0.2) is 0 Å². The first-order valence-corrected chi connectivity index (χ1v) is 5.24. The van der Waals surface area contributed by atoms with Crippen LogP contribution in [0.15, 0.2) is 12.2 Å². The number of allylic oxidation sites excluding steroid dienone is 1. The summed E-state index contributed by atoms with van der Waals surface area (Å²) in [7, 11) is 0. The Labute approximate surface area is 81.2 Å². The summed E-state index contributed by atoms with van der Waals surface area (Å²) in [6.07, 6.45) is 6.69. The lowest BCUT2D eigenvalue weighted by Gasteiger charge is -2.36. The van der Waals surface area contributed by atoms with Gasteiger partial charge in [0.25, 0.3) is 0 Å². The summed E-state index contributed by atoms with van der Waals surface area (Å²) in [6, 6.07) is 0.680. The SMILES string of the molecule is C/C=C/CN1CC(CO)CCC1C. The van der Waals surface area contributed by atoms with Crippen molar-refractivity contribution in [2.75, 3.05) is 19.7 Å². The Morgan fingerprint density at radius 2 is 2.23 bits per heavy atom. The van der Waals surface area contributed by atoms with Crippen LogP contribution in [0.25, 0.3) is 0 Å². The number of piperidine rings is 1. The zero-order valence-corrected chi connectivity index (χ0v) is 8.74. The second-order valence-electron chi connectivity index (χ2n) is 4.00. The normalized spacial score (nSPS) is 31.3. The maximum atomic E-state index is 9.08. The van der Waals surface area contributed by atoms with Gasteiger partial charge in [-0.1, -0.05) is 12.2 Å². The molecule has 0 saturated carbocycles. The Morgan fingerprint density at radius 3 is 2.85 bits per heavy atom. The zero-order valence-electron chi connectivity index (χ0n) is 8.74. The minimum Gasteiger partial charge on any atom is -0.396 e. The summed E-state index contributed by atoms with van der Waals surface area (Å²) in [5.74, 6) is 0.501. The zero-order chi connectivity index (χ0) is 9.68. The van der Waals surface area contributed by atoms with Gasteiger partial charge in [0.2, 0.25) is 0 Å². The molecule has 0 aromatic rings. The Bertz CT molecular complexity index is 167. The van der Waals surface area contributed by atoms with Gasteiger partial charge < -0.3 is 5.11 Å². The lowest BCUT2D eigenvalue weighted by Crippen LogP contribution is -2.42. The number of likely N-dealkylation sites (tertiary alicyclic amines) is 1. The van der Waals surface area contributed by atoms with Gasteiger partial charge in [0.15, 0.2) is 0 Å². The second-order valence-corrected chi connectivity index (χ2v) is 4.00. The van der Waals surface area contributed by atoms with Gasteiger partial charge >= 0.3 is 0 Å². The van der Waals surface area contributed by atoms with Crippen molar-refractivity contribution in [3.8, 4) is 0 Å². The smallest absolute Gasteiger partial charge is 0.0471 e. The van der Waals surface area contributed by atoms with Crippen LogP contribution in [0.2, 0.25) is 0 Å². The molecule has 13 heavy (non-hydrogen) atoms. The highest BCUT2D eigenvalue weighted by molar-refractivity contribution is 4.86. The van der Waals surface area contributed by atoms with Crippen LogP contribution in [0.3, 0.4) is 0 Å². The standard InChI is InChI=1S/C11H21NO/c1-3-4-7-12-8-11(9-13)6-5-10(12)2/h3-4,10-11,13H,5-9H2,1-2H3/b4-3+. The van der Waals surface area contributed by atoms with E-state index in [0.717, 1.165) is 13.1 Å². The van der Waals surface area contributed by atoms with E-state index in [2.05, 4.69) is 30.9 Å². The molecule has 1 aliphatic rings. The first kappa shape index (κ1) is 10.7. The lowest BCUT2D eigenvalue weighted by atomic mass is 9.94. The average Bonchev–Trinajstić information content (AvgIpc) is 2.17. The molecule has 2 heteroatoms. The third-order valence-corrected chi connectivity index (χ3v) is 2.94. The number of rotatable bonds is 3. The molecule has 0 amide bonds. The van der Waals surface area contributed by atoms with Crippen LogP contribution < -0.4 is 0 Å². The van der Waals surface area contributed by atoms with Crippen LogP contribution in [-0.2, 0) is 0 Å². The van der Waals surface area contributed by atoms with Crippen LogP contribution in [-0.4, -0.2) is 35.7 Å². The first-order chi connectivity index (χ1) is 6.27. The summed E-state index contributed by atoms with van der Waals surface area (Å²) in [5.41, 5.74) is 0. The van der Waals surface area contributed by atoms with Crippen molar-refractivity contribution in [2.45, 2.75) is 32.7 Å². The van der Waals surface area contributed by atoms with Crippen LogP contribution in [0.4, 0.5) is 0 Å². The summed E-state index contributed by atoms with van der Waals surface area (Å²) >= 11 is 0. The highest BCUT2D eigenvalue weighted by Gasteiger charge is 2.23. The molecular formula is C11H21NO. The highest BCUT2D eigenvalue weighted by atomic mass is 16.3. The molecule has 2 unspecified atom stereocenters. The maximum Gasteiger partial charge on any atom is 0.0471 e. The minimum absolute atomic E-state index is 0.346. The Balaban J connectivity index is 2.40. The summed E-state index contributed by atoms with van der Waals surface area (Å²) in [6.45, 7) is 6.77. The average molecular weight is 183 g/mol. The fourth-order valence-electron chi connectivity index (χ4n) is 1.91. The number of aliphatic hydroxyl groups excluding tert-OH is 1. The van der Waals surface area contributed by atoms with Crippen molar-refractivity contribution in [2.24, 2.45) is 5.92 Å². The fourth-order valence-corrected chi connectivity index (χ4v) is 1.91. The van der Waals surface area contributed by atoms with E-state index in [1.807, 2.05) is 0 Å². The molecule has 0 aromatic carbocycles. The highest BCUT2D eigenvalue weighted by Crippen LogP contribution is 2.20. The van der Waals surface area contributed by atoms with Gasteiger partial charge in [-0.05, 0) is 32.6 Å². The number of hydrogen-bond acceptors (Lipinski definition) is 2. The molecule has 76 valence electrons. The number of hydrogen-bond donors (Lipinski definition) is 1. The summed E-state index contributed by atoms with van der Waals surface area (Å²) in [5, 5.41) is 9.08. The number of aliphatic hydroxyl groups is 1. The van der Waals surface area contributed by atoms with Gasteiger partial charge in [-0.2, -0.15) is 0 Å². The van der Waals surface area contributed by atoms with Gasteiger partial charge in [-0.3, -0.25) is 4.90 Å². The molecule has 0 radical (unpaired) electrons. The minimum atomic E-state index is 0.346. The molecule has 0 aromatic heterocycles. The maximum absolute atomic E-state index is 9.08. The van der Waals surface area contributed by atoms with E-state index < -0.39 is 0 Å². The van der Waals surface area contributed by atoms with E-state index in [1.165, 1.54) is 12.8 Å². The number of nitrogens with zero attached hydrogens (tertiary/aromatic N) is 1. The molecular weight excluding hydrogens is 162 g/mol. The molecule has 1 fully saturated rings. The molecule has 1 aliphatic heterocycles. The van der Waals surface area contributed by atoms with Crippen LogP contribution in [0.1, 0.15) is 26.7 Å². The quantitative estimate of drug-likeness (QED) is 0.673. The van der Waals surface area contributed by atoms with E-state index in [0.29, 0.717) is 18.6 Å². The Hall–Kier alpha value is -0.340. The Morgan fingerprint density at radius 1 is 1.46 bits per heavy atom. The topological polar surface area (TPSA) is 23.5 Å². The first-order valence-electron chi connectivity index (χ1n) is 5.24. The third kappa shape index (κ3) is 3.12. The van der Waals surface area contributed by atoms with E-state index in [4.69, 9.17) is 5.11 Å². The van der Waals surface area contributed by atoms with Crippen LogP contribution in [0.5, 0.6) is 0 Å². The van der Waals surface area contributed by atoms with Crippen LogP contribution >= 0.6 is 0 Å². The summed E-state index contributed by atoms with van der Waals surface area (Å²) < 4.78 is 0. The van der Waals surface area contributed by atoms with Gasteiger partial charge in [0.1, 0.15) is 0 Å². The largest absolute Gasteiger partial charge is 0.396 e. The molecule has 2 nitrogen and oxygen atoms in total. The van der Waals surface area contributed by atoms with Crippen molar-refractivity contribution in [3.05, 3.63) is 12.2 Å². The van der Waals surface area contributed by atoms with Crippen molar-refractivity contribution in [3.63, 3.8) is 0 Å². The monoisotopic (exact) mass is 183 g/mol. The summed E-state index contributed by atoms with van der Waals surface area (Å²) in [4.78, 5) is 2.45. The van der Waals surface area contributed by atoms with Crippen molar-refractivity contribution >= 4 is 0 Å². The van der Waals surface area contributed by atoms with Gasteiger partial charge in [-0.15, -0.1) is 0 Å². The molecule has 0 aliphatic carbocycles. The second kappa shape index (κ2) is 5.40. The van der Waals surface area contributed by atoms with Crippen LogP contribution in [0, 0.1) is 5.92 Å². The van der Waals surface area contributed by atoms with Crippen molar-refractivity contribution < 1.29 is 5.11 Å². The predicted octanol–water partition coefficient (Wildman–Crippen LogP) is 1.66. The molecule has 1 N–H and O–H groups in total. The molecule has 2 atom stereocenters. The molecule has 1 heterocycles. The molecule has 0 spiro atoms. The molecule has 1 rings (SSSR count). The fraction of sp³-hybridized carbons (Fsp3) is 0.818. The van der Waals surface area contributed by atoms with E-state index in [1.54, 1.807) is 0 Å². The van der Waals surface area contributed by atoms with Gasteiger partial charge in [0, 0.05) is 25.7 Å². The molecule has 0 bridgehead atoms. The van der Waals surface area contributed by atoms with E-state index in [-0.39, 0.29) is 0 Å². The Kier molecular flexibility index (Phi) is 4.46. The van der Waals surface area contributed by atoms with Crippen molar-refractivity contribution in [1.29, 1.82) is 0 Å². The van der Waals surface area contributed by atoms with E-state index in [9.17, 15) is 0 Å². The van der Waals surface area contributed by atoms with E-state index >= 15 is 0 Å². The molecule has 1 saturated heterocycles.